The SMILES string of the molecule is COc1nc(SC)cnc1NS(=O)(=O)c1cccc(Cl)c1Cl. The van der Waals surface area contributed by atoms with Crippen LogP contribution < -0.4 is 9.46 Å². The van der Waals surface area contributed by atoms with Crippen LogP contribution in [0.3, 0.4) is 0 Å². The second-order valence-electron chi connectivity index (χ2n) is 3.93. The molecule has 0 aliphatic heterocycles. The van der Waals surface area contributed by atoms with Gasteiger partial charge >= 0.3 is 0 Å². The Morgan fingerprint density at radius 2 is 2.05 bits per heavy atom. The van der Waals surface area contributed by atoms with Gasteiger partial charge in [0, 0.05) is 0 Å². The van der Waals surface area contributed by atoms with E-state index < -0.39 is 10.0 Å². The van der Waals surface area contributed by atoms with Gasteiger partial charge in [-0.15, -0.1) is 11.8 Å². The Bertz CT molecular complexity index is 800. The lowest BCUT2D eigenvalue weighted by Crippen LogP contribution is -2.15. The van der Waals surface area contributed by atoms with E-state index in [9.17, 15) is 8.42 Å². The molecule has 1 heterocycles. The van der Waals surface area contributed by atoms with Crippen LogP contribution in [0.25, 0.3) is 0 Å². The van der Waals surface area contributed by atoms with Crippen molar-refractivity contribution < 1.29 is 13.2 Å². The molecular formula is C12H11Cl2N3O3S2. The normalized spacial score (nSPS) is 11.3. The first kappa shape index (κ1) is 17.1. The lowest BCUT2D eigenvalue weighted by molar-refractivity contribution is 0.394. The molecule has 118 valence electrons. The first-order valence-electron chi connectivity index (χ1n) is 5.81. The highest BCUT2D eigenvalue weighted by Gasteiger charge is 2.22. The maximum absolute atomic E-state index is 12.4. The summed E-state index contributed by atoms with van der Waals surface area (Å²) in [5, 5.41) is 0.672. The minimum Gasteiger partial charge on any atom is -0.478 e. The lowest BCUT2D eigenvalue weighted by atomic mass is 10.4. The van der Waals surface area contributed by atoms with E-state index >= 15 is 0 Å². The quantitative estimate of drug-likeness (QED) is 0.802. The van der Waals surface area contributed by atoms with Gasteiger partial charge in [-0.3, -0.25) is 4.72 Å². The van der Waals surface area contributed by atoms with Gasteiger partial charge in [0.05, 0.1) is 23.4 Å². The number of benzene rings is 1. The number of rotatable bonds is 5. The summed E-state index contributed by atoms with van der Waals surface area (Å²) in [7, 11) is -2.60. The summed E-state index contributed by atoms with van der Waals surface area (Å²) in [5.74, 6) is 0.0323. The first-order valence-corrected chi connectivity index (χ1v) is 9.27. The van der Waals surface area contributed by atoms with Crippen molar-refractivity contribution >= 4 is 50.8 Å². The number of hydrogen-bond acceptors (Lipinski definition) is 6. The number of halogens is 2. The van der Waals surface area contributed by atoms with Crippen molar-refractivity contribution in [1.29, 1.82) is 0 Å². The molecule has 6 nitrogen and oxygen atoms in total. The number of nitrogens with one attached hydrogen (secondary N) is 1. The van der Waals surface area contributed by atoms with Crippen molar-refractivity contribution in [1.82, 2.24) is 9.97 Å². The molecule has 0 fully saturated rings. The molecule has 0 unspecified atom stereocenters. The fourth-order valence-corrected chi connectivity index (χ4v) is 3.64. The first-order chi connectivity index (χ1) is 10.4. The fraction of sp³-hybridized carbons (Fsp3) is 0.167. The number of methoxy groups -OCH3 is 1. The second kappa shape index (κ2) is 6.91. The van der Waals surface area contributed by atoms with Crippen LogP contribution in [0, 0.1) is 0 Å². The van der Waals surface area contributed by atoms with Gasteiger partial charge in [0.2, 0.25) is 5.82 Å². The van der Waals surface area contributed by atoms with E-state index in [-0.39, 0.29) is 26.6 Å². The minimum atomic E-state index is -3.97. The molecule has 10 heteroatoms. The molecule has 1 aromatic heterocycles. The van der Waals surface area contributed by atoms with Crippen LogP contribution >= 0.6 is 35.0 Å². The monoisotopic (exact) mass is 379 g/mol. The molecule has 0 saturated heterocycles. The van der Waals surface area contributed by atoms with Gasteiger partial charge in [0.15, 0.2) is 0 Å². The van der Waals surface area contributed by atoms with E-state index in [0.29, 0.717) is 5.03 Å². The minimum absolute atomic E-state index is 0.0312. The molecule has 1 N–H and O–H groups in total. The fourth-order valence-electron chi connectivity index (χ4n) is 1.54. The molecule has 0 atom stereocenters. The van der Waals surface area contributed by atoms with Crippen LogP contribution in [0.1, 0.15) is 0 Å². The van der Waals surface area contributed by atoms with E-state index in [1.54, 1.807) is 0 Å². The zero-order chi connectivity index (χ0) is 16.3. The highest BCUT2D eigenvalue weighted by molar-refractivity contribution is 7.98. The van der Waals surface area contributed by atoms with Crippen LogP contribution in [0.2, 0.25) is 10.0 Å². The Morgan fingerprint density at radius 1 is 1.32 bits per heavy atom. The van der Waals surface area contributed by atoms with Gasteiger partial charge in [0.1, 0.15) is 9.92 Å². The molecule has 2 rings (SSSR count). The average Bonchev–Trinajstić information content (AvgIpc) is 2.49. The van der Waals surface area contributed by atoms with Gasteiger partial charge in [-0.2, -0.15) is 0 Å². The van der Waals surface area contributed by atoms with Gasteiger partial charge < -0.3 is 4.74 Å². The van der Waals surface area contributed by atoms with Crippen LogP contribution in [0.15, 0.2) is 34.3 Å². The number of nitrogens with zero attached hydrogens (tertiary/aromatic N) is 2. The van der Waals surface area contributed by atoms with Crippen LogP contribution in [0.5, 0.6) is 5.88 Å². The molecule has 1 aromatic carbocycles. The summed E-state index contributed by atoms with van der Waals surface area (Å²) in [4.78, 5) is 7.97. The van der Waals surface area contributed by atoms with Gasteiger partial charge in [0.25, 0.3) is 15.9 Å². The van der Waals surface area contributed by atoms with Crippen molar-refractivity contribution in [2.75, 3.05) is 18.1 Å². The summed E-state index contributed by atoms with van der Waals surface area (Å²) in [6, 6.07) is 4.33. The summed E-state index contributed by atoms with van der Waals surface area (Å²) in [6.07, 6.45) is 3.25. The molecule has 0 aliphatic carbocycles. The van der Waals surface area contributed by atoms with Crippen molar-refractivity contribution in [3.63, 3.8) is 0 Å². The average molecular weight is 380 g/mol. The lowest BCUT2D eigenvalue weighted by Gasteiger charge is -2.12. The Hall–Kier alpha value is -1.22. The van der Waals surface area contributed by atoms with E-state index in [2.05, 4.69) is 14.7 Å². The third-order valence-corrected chi connectivity index (χ3v) is 5.48. The number of sulfonamides is 1. The largest absolute Gasteiger partial charge is 0.478 e. The molecule has 22 heavy (non-hydrogen) atoms. The van der Waals surface area contributed by atoms with Gasteiger partial charge in [-0.25, -0.2) is 18.4 Å². The molecule has 0 radical (unpaired) electrons. The molecule has 0 bridgehead atoms. The van der Waals surface area contributed by atoms with Crippen LogP contribution in [0.4, 0.5) is 5.82 Å². The highest BCUT2D eigenvalue weighted by atomic mass is 35.5. The number of aromatic nitrogens is 2. The summed E-state index contributed by atoms with van der Waals surface area (Å²) in [5.41, 5.74) is 0. The Labute approximate surface area is 142 Å². The zero-order valence-corrected chi connectivity index (χ0v) is 14.6. The second-order valence-corrected chi connectivity index (χ2v) is 7.19. The van der Waals surface area contributed by atoms with E-state index in [1.165, 1.54) is 43.3 Å². The van der Waals surface area contributed by atoms with Crippen molar-refractivity contribution in [3.8, 4) is 5.88 Å². The topological polar surface area (TPSA) is 81.2 Å². The maximum atomic E-state index is 12.4. The Morgan fingerprint density at radius 3 is 2.68 bits per heavy atom. The Kier molecular flexibility index (Phi) is 5.38. The summed E-state index contributed by atoms with van der Waals surface area (Å²) >= 11 is 13.1. The maximum Gasteiger partial charge on any atom is 0.264 e. The predicted octanol–water partition coefficient (Wildman–Crippen LogP) is 3.31. The zero-order valence-electron chi connectivity index (χ0n) is 11.5. The third kappa shape index (κ3) is 3.57. The summed E-state index contributed by atoms with van der Waals surface area (Å²) in [6.45, 7) is 0. The third-order valence-electron chi connectivity index (χ3n) is 2.56. The van der Waals surface area contributed by atoms with Crippen LogP contribution in [-0.4, -0.2) is 31.8 Å². The smallest absolute Gasteiger partial charge is 0.264 e. The van der Waals surface area contributed by atoms with Crippen molar-refractivity contribution in [2.45, 2.75) is 9.92 Å². The van der Waals surface area contributed by atoms with E-state index in [1.807, 2.05) is 6.26 Å². The van der Waals surface area contributed by atoms with E-state index in [0.717, 1.165) is 0 Å². The Balaban J connectivity index is 2.43. The highest BCUT2D eigenvalue weighted by Crippen LogP contribution is 2.31. The standard InChI is InChI=1S/C12H11Cl2N3O3S2/c1-20-12-11(15-6-9(16-12)21-2)17-22(18,19)8-5-3-4-7(13)10(8)14/h3-6H,1-2H3,(H,15,17). The molecule has 2 aromatic rings. The molecule has 0 aliphatic rings. The molecule has 0 saturated carbocycles. The van der Waals surface area contributed by atoms with Crippen LogP contribution in [-0.2, 0) is 10.0 Å². The molecular weight excluding hydrogens is 369 g/mol. The number of anilines is 1. The van der Waals surface area contributed by atoms with E-state index in [4.69, 9.17) is 27.9 Å². The number of ether oxygens (including phenoxy) is 1. The predicted molar refractivity (Wildman–Crippen MR) is 87.6 cm³/mol. The van der Waals surface area contributed by atoms with Gasteiger partial charge in [-0.05, 0) is 18.4 Å². The van der Waals surface area contributed by atoms with Crippen molar-refractivity contribution in [2.24, 2.45) is 0 Å². The molecule has 0 spiro atoms. The van der Waals surface area contributed by atoms with Gasteiger partial charge in [-0.1, -0.05) is 29.3 Å². The number of hydrogen-bond donors (Lipinski definition) is 1. The summed E-state index contributed by atoms with van der Waals surface area (Å²) < 4.78 is 32.2. The van der Waals surface area contributed by atoms with Crippen molar-refractivity contribution in [3.05, 3.63) is 34.4 Å². The number of thioether (sulfide) groups is 1. The molecule has 0 amide bonds.